The lowest BCUT2D eigenvalue weighted by Gasteiger charge is -2.10. The molecule has 2 rings (SSSR count). The topological polar surface area (TPSA) is 72.6 Å². The number of ether oxygens (including phenoxy) is 1. The molecule has 0 atom stereocenters. The third-order valence-corrected chi connectivity index (χ3v) is 2.77. The maximum atomic E-state index is 13.2. The maximum Gasteiger partial charge on any atom is 0.311 e. The van der Waals surface area contributed by atoms with Crippen molar-refractivity contribution >= 4 is 17.3 Å². The quantitative estimate of drug-likeness (QED) is 0.690. The molecule has 0 bridgehead atoms. The Kier molecular flexibility index (Phi) is 4.16. The summed E-state index contributed by atoms with van der Waals surface area (Å²) in [6.07, 6.45) is 0. The van der Waals surface area contributed by atoms with Gasteiger partial charge in [-0.1, -0.05) is 17.7 Å². The summed E-state index contributed by atoms with van der Waals surface area (Å²) in [5.41, 5.74) is 0.00299. The summed E-state index contributed by atoms with van der Waals surface area (Å²) in [4.78, 5) is 10.2. The monoisotopic (exact) mass is 297 g/mol. The van der Waals surface area contributed by atoms with Crippen molar-refractivity contribution in [1.82, 2.24) is 0 Å². The highest BCUT2D eigenvalue weighted by Gasteiger charge is 2.18. The van der Waals surface area contributed by atoms with E-state index in [0.717, 1.165) is 18.2 Å². The molecule has 104 valence electrons. The van der Waals surface area contributed by atoms with Crippen molar-refractivity contribution in [2.45, 2.75) is 6.61 Å². The minimum atomic E-state index is -0.683. The van der Waals surface area contributed by atoms with Crippen LogP contribution < -0.4 is 4.74 Å². The molecular formula is C13H9ClFNO4. The zero-order chi connectivity index (χ0) is 14.7. The highest BCUT2D eigenvalue weighted by molar-refractivity contribution is 6.30. The number of nitro benzene ring substituents is 1. The number of hydrogen-bond acceptors (Lipinski definition) is 4. The smallest absolute Gasteiger partial charge is 0.311 e. The normalized spacial score (nSPS) is 10.3. The fourth-order valence-electron chi connectivity index (χ4n) is 1.59. The van der Waals surface area contributed by atoms with Gasteiger partial charge in [0, 0.05) is 22.7 Å². The molecule has 0 radical (unpaired) electrons. The molecule has 0 saturated carbocycles. The van der Waals surface area contributed by atoms with Crippen molar-refractivity contribution in [2.24, 2.45) is 0 Å². The van der Waals surface area contributed by atoms with Crippen LogP contribution in [0, 0.1) is 15.9 Å². The second-order valence-corrected chi connectivity index (χ2v) is 4.32. The van der Waals surface area contributed by atoms with E-state index >= 15 is 0 Å². The number of nitrogens with zero attached hydrogens (tertiary/aromatic N) is 1. The predicted octanol–water partition coefficient (Wildman–Crippen LogP) is 3.67. The lowest BCUT2D eigenvalue weighted by molar-refractivity contribution is -0.385. The van der Waals surface area contributed by atoms with Crippen LogP contribution in [0.3, 0.4) is 0 Å². The highest BCUT2D eigenvalue weighted by Crippen LogP contribution is 2.34. The zero-order valence-corrected chi connectivity index (χ0v) is 10.8. The molecule has 0 aliphatic rings. The number of rotatable bonds is 4. The Bertz CT molecular complexity index is 663. The van der Waals surface area contributed by atoms with Gasteiger partial charge in [-0.3, -0.25) is 10.1 Å². The van der Waals surface area contributed by atoms with Gasteiger partial charge in [0.25, 0.3) is 0 Å². The molecule has 0 aliphatic heterocycles. The predicted molar refractivity (Wildman–Crippen MR) is 70.5 cm³/mol. The van der Waals surface area contributed by atoms with Crippen LogP contribution in [-0.2, 0) is 6.61 Å². The highest BCUT2D eigenvalue weighted by atomic mass is 35.5. The Morgan fingerprint density at radius 2 is 2.00 bits per heavy atom. The minimum Gasteiger partial charge on any atom is -0.450 e. The SMILES string of the molecule is O=[N+]([O-])c1ccc(F)cc1Oc1cc(Cl)ccc1CO. The van der Waals surface area contributed by atoms with E-state index in [1.165, 1.54) is 12.1 Å². The van der Waals surface area contributed by atoms with Gasteiger partial charge in [0.2, 0.25) is 5.75 Å². The molecule has 20 heavy (non-hydrogen) atoms. The first-order valence-electron chi connectivity index (χ1n) is 5.52. The maximum absolute atomic E-state index is 13.2. The van der Waals surface area contributed by atoms with Gasteiger partial charge < -0.3 is 9.84 Å². The van der Waals surface area contributed by atoms with E-state index in [1.807, 2.05) is 0 Å². The Balaban J connectivity index is 2.46. The van der Waals surface area contributed by atoms with Gasteiger partial charge in [-0.2, -0.15) is 0 Å². The van der Waals surface area contributed by atoms with Crippen LogP contribution in [-0.4, -0.2) is 10.0 Å². The van der Waals surface area contributed by atoms with E-state index in [-0.39, 0.29) is 23.8 Å². The van der Waals surface area contributed by atoms with Gasteiger partial charge in [-0.25, -0.2) is 4.39 Å². The molecule has 7 heteroatoms. The molecule has 0 saturated heterocycles. The Morgan fingerprint density at radius 1 is 1.25 bits per heavy atom. The fraction of sp³-hybridized carbons (Fsp3) is 0.0769. The summed E-state index contributed by atoms with van der Waals surface area (Å²) in [5.74, 6) is -0.793. The van der Waals surface area contributed by atoms with Crippen molar-refractivity contribution < 1.29 is 19.2 Å². The lowest BCUT2D eigenvalue weighted by Crippen LogP contribution is -1.96. The van der Waals surface area contributed by atoms with Gasteiger partial charge in [0.1, 0.15) is 11.6 Å². The van der Waals surface area contributed by atoms with E-state index < -0.39 is 10.7 Å². The first kappa shape index (κ1) is 14.2. The number of halogens is 2. The van der Waals surface area contributed by atoms with Crippen LogP contribution in [0.2, 0.25) is 5.02 Å². The number of aliphatic hydroxyl groups is 1. The molecule has 1 N–H and O–H groups in total. The molecule has 2 aromatic carbocycles. The molecular weight excluding hydrogens is 289 g/mol. The largest absolute Gasteiger partial charge is 0.450 e. The Labute approximate surface area is 118 Å². The van der Waals surface area contributed by atoms with E-state index in [2.05, 4.69) is 0 Å². The molecule has 0 fully saturated rings. The van der Waals surface area contributed by atoms with Crippen LogP contribution >= 0.6 is 11.6 Å². The van der Waals surface area contributed by atoms with Gasteiger partial charge >= 0.3 is 5.69 Å². The van der Waals surface area contributed by atoms with Crippen LogP contribution in [0.1, 0.15) is 5.56 Å². The molecule has 0 heterocycles. The van der Waals surface area contributed by atoms with Crippen LogP contribution in [0.25, 0.3) is 0 Å². The molecule has 2 aromatic rings. The third-order valence-electron chi connectivity index (χ3n) is 2.54. The lowest BCUT2D eigenvalue weighted by atomic mass is 10.2. The van der Waals surface area contributed by atoms with Crippen molar-refractivity contribution in [1.29, 1.82) is 0 Å². The Morgan fingerprint density at radius 3 is 2.65 bits per heavy atom. The molecule has 0 amide bonds. The first-order chi connectivity index (χ1) is 9.51. The second-order valence-electron chi connectivity index (χ2n) is 3.88. The van der Waals surface area contributed by atoms with E-state index in [0.29, 0.717) is 10.6 Å². The standard InChI is InChI=1S/C13H9ClFNO4/c14-9-2-1-8(7-17)12(5-9)20-13-6-10(15)3-4-11(13)16(18)19/h1-6,17H,7H2. The van der Waals surface area contributed by atoms with E-state index in [1.54, 1.807) is 6.07 Å². The van der Waals surface area contributed by atoms with Crippen LogP contribution in [0.4, 0.5) is 10.1 Å². The number of benzene rings is 2. The summed E-state index contributed by atoms with van der Waals surface area (Å²) in [7, 11) is 0. The fourth-order valence-corrected chi connectivity index (χ4v) is 1.76. The summed E-state index contributed by atoms with van der Waals surface area (Å²) in [5, 5.41) is 20.4. The van der Waals surface area contributed by atoms with Crippen molar-refractivity contribution in [3.8, 4) is 11.5 Å². The minimum absolute atomic E-state index is 0.133. The molecule has 0 aliphatic carbocycles. The summed E-state index contributed by atoms with van der Waals surface area (Å²) >= 11 is 5.80. The van der Waals surface area contributed by atoms with Crippen LogP contribution in [0.15, 0.2) is 36.4 Å². The molecule has 5 nitrogen and oxygen atoms in total. The Hall–Kier alpha value is -2.18. The van der Waals surface area contributed by atoms with Crippen molar-refractivity contribution in [3.05, 3.63) is 62.9 Å². The van der Waals surface area contributed by atoms with Crippen LogP contribution in [0.5, 0.6) is 11.5 Å². The average molecular weight is 298 g/mol. The number of aliphatic hydroxyl groups excluding tert-OH is 1. The number of hydrogen-bond donors (Lipinski definition) is 1. The van der Waals surface area contributed by atoms with Gasteiger partial charge in [-0.05, 0) is 18.2 Å². The van der Waals surface area contributed by atoms with E-state index in [9.17, 15) is 19.6 Å². The molecule has 0 unspecified atom stereocenters. The van der Waals surface area contributed by atoms with Crippen molar-refractivity contribution in [2.75, 3.05) is 0 Å². The van der Waals surface area contributed by atoms with Gasteiger partial charge in [0.05, 0.1) is 11.5 Å². The summed E-state index contributed by atoms with van der Waals surface area (Å²) < 4.78 is 18.5. The third kappa shape index (κ3) is 3.04. The molecule has 0 spiro atoms. The van der Waals surface area contributed by atoms with E-state index in [4.69, 9.17) is 16.3 Å². The van der Waals surface area contributed by atoms with Crippen molar-refractivity contribution in [3.63, 3.8) is 0 Å². The zero-order valence-electron chi connectivity index (χ0n) is 10.0. The molecule has 0 aromatic heterocycles. The summed E-state index contributed by atoms with van der Waals surface area (Å²) in [6, 6.07) is 7.33. The van der Waals surface area contributed by atoms with Gasteiger partial charge in [-0.15, -0.1) is 0 Å². The average Bonchev–Trinajstić information content (AvgIpc) is 2.38. The second kappa shape index (κ2) is 5.85. The summed E-state index contributed by atoms with van der Waals surface area (Å²) in [6.45, 7) is -0.338. The van der Waals surface area contributed by atoms with Gasteiger partial charge in [0.15, 0.2) is 0 Å². The first-order valence-corrected chi connectivity index (χ1v) is 5.90. The number of nitro groups is 1.